The van der Waals surface area contributed by atoms with Crippen molar-refractivity contribution >= 4 is 14.7 Å². The second-order valence-corrected chi connectivity index (χ2v) is 8.52. The molecule has 0 aromatic carbocycles. The lowest BCUT2D eigenvalue weighted by molar-refractivity contribution is -0.195. The number of rotatable bonds is 14. The summed E-state index contributed by atoms with van der Waals surface area (Å²) in [7, 11) is -3.76. The monoisotopic (exact) mass is 399 g/mol. The molecule has 7 N–H and O–H groups in total. The highest BCUT2D eigenvalue weighted by Gasteiger charge is 2.64. The number of carbonyl (C=O) groups is 1. The summed E-state index contributed by atoms with van der Waals surface area (Å²) in [5.41, 5.74) is 1.26. The highest BCUT2D eigenvalue weighted by molar-refractivity contribution is 6.62. The van der Waals surface area contributed by atoms with E-state index in [1.54, 1.807) is 27.7 Å². The third-order valence-electron chi connectivity index (χ3n) is 4.16. The van der Waals surface area contributed by atoms with Crippen molar-refractivity contribution in [2.75, 3.05) is 26.4 Å². The number of aliphatic hydroxyl groups excluding tert-OH is 4. The van der Waals surface area contributed by atoms with Gasteiger partial charge in [0, 0.05) is 19.8 Å². The predicted molar refractivity (Wildman–Crippen MR) is 93.9 cm³/mol. The zero-order chi connectivity index (χ0) is 20.5. The molecule has 0 aliphatic carbocycles. The van der Waals surface area contributed by atoms with Crippen LogP contribution in [-0.2, 0) is 18.1 Å². The molecule has 26 heavy (non-hydrogen) atoms. The van der Waals surface area contributed by atoms with Gasteiger partial charge in [-0.05, 0) is 27.2 Å². The molecule has 0 bridgehead atoms. The van der Waals surface area contributed by atoms with Crippen LogP contribution in [0.3, 0.4) is 0 Å². The number of carbonyl (C=O) groups excluding carboxylic acids is 1. The topological polar surface area (TPSA) is 172 Å². The minimum atomic E-state index is -3.76. The smallest absolute Gasteiger partial charge is 0.394 e. The van der Waals surface area contributed by atoms with Gasteiger partial charge in [0.05, 0.1) is 12.1 Å². The zero-order valence-electron chi connectivity index (χ0n) is 15.8. The minimum Gasteiger partial charge on any atom is -0.394 e. The molecule has 156 valence electrons. The van der Waals surface area contributed by atoms with E-state index in [0.29, 0.717) is 0 Å². The van der Waals surface area contributed by atoms with Gasteiger partial charge in [-0.3, -0.25) is 4.79 Å². The third-order valence-corrected chi connectivity index (χ3v) is 7.96. The molecule has 5 unspecified atom stereocenters. The van der Waals surface area contributed by atoms with Gasteiger partial charge >= 0.3 is 8.80 Å². The van der Waals surface area contributed by atoms with E-state index in [1.807, 2.05) is 0 Å². The van der Waals surface area contributed by atoms with Crippen LogP contribution in [0.25, 0.3) is 0 Å². The molecule has 1 amide bonds. The third kappa shape index (κ3) is 5.21. The molecular formula is C15H33NO9Si. The van der Waals surface area contributed by atoms with Crippen LogP contribution in [0, 0.1) is 0 Å². The number of hydrogen-bond acceptors (Lipinski definition) is 9. The van der Waals surface area contributed by atoms with Gasteiger partial charge in [-0.15, -0.1) is 0 Å². The summed E-state index contributed by atoms with van der Waals surface area (Å²) in [4.78, 5) is 11.6. The lowest BCUT2D eigenvalue weighted by Gasteiger charge is -2.47. The van der Waals surface area contributed by atoms with Crippen molar-refractivity contribution in [2.24, 2.45) is 5.73 Å². The van der Waals surface area contributed by atoms with Crippen molar-refractivity contribution in [1.82, 2.24) is 0 Å². The normalized spacial score (nSPS) is 19.4. The van der Waals surface area contributed by atoms with Gasteiger partial charge in [-0.25, -0.2) is 0 Å². The quantitative estimate of drug-likeness (QED) is 0.183. The van der Waals surface area contributed by atoms with E-state index in [-0.39, 0.29) is 26.2 Å². The van der Waals surface area contributed by atoms with Crippen LogP contribution in [0.15, 0.2) is 0 Å². The minimum absolute atomic E-state index is 0.0578. The van der Waals surface area contributed by atoms with Crippen molar-refractivity contribution in [3.63, 3.8) is 0 Å². The Morgan fingerprint density at radius 3 is 1.73 bits per heavy atom. The highest BCUT2D eigenvalue weighted by Crippen LogP contribution is 2.43. The number of aliphatic hydroxyl groups is 5. The summed E-state index contributed by atoms with van der Waals surface area (Å²) in [5.74, 6) is -1.32. The largest absolute Gasteiger partial charge is 0.507 e. The van der Waals surface area contributed by atoms with Crippen LogP contribution in [0.4, 0.5) is 0 Å². The van der Waals surface area contributed by atoms with E-state index in [1.165, 1.54) is 0 Å². The van der Waals surface area contributed by atoms with Crippen LogP contribution in [0.1, 0.15) is 34.1 Å². The van der Waals surface area contributed by atoms with Crippen LogP contribution in [0.2, 0.25) is 5.54 Å². The maximum Gasteiger partial charge on any atom is 0.507 e. The lowest BCUT2D eigenvalue weighted by atomic mass is 9.82. The predicted octanol–water partition coefficient (Wildman–Crippen LogP) is -1.89. The van der Waals surface area contributed by atoms with E-state index < -0.39 is 50.8 Å². The van der Waals surface area contributed by atoms with Crippen LogP contribution in [0.5, 0.6) is 0 Å². The van der Waals surface area contributed by atoms with E-state index >= 15 is 0 Å². The molecule has 0 rings (SSSR count). The SMILES string of the molecule is CCO[Si](OCC)(OCC)C(CC)C(O)(C(O)C(N)=O)C(O)C(O)CO. The van der Waals surface area contributed by atoms with Crippen molar-refractivity contribution in [1.29, 1.82) is 0 Å². The van der Waals surface area contributed by atoms with Gasteiger partial charge in [0.15, 0.2) is 6.10 Å². The first-order valence-corrected chi connectivity index (χ1v) is 10.5. The van der Waals surface area contributed by atoms with Crippen LogP contribution in [-0.4, -0.2) is 90.6 Å². The fourth-order valence-corrected chi connectivity index (χ4v) is 6.54. The Hall–Kier alpha value is -0.633. The van der Waals surface area contributed by atoms with Crippen molar-refractivity contribution < 1.29 is 43.6 Å². The number of nitrogens with two attached hydrogens (primary N) is 1. The molecule has 0 heterocycles. The molecule has 0 saturated heterocycles. The molecule has 0 aromatic rings. The second-order valence-electron chi connectivity index (χ2n) is 5.75. The molecular weight excluding hydrogens is 366 g/mol. The summed E-state index contributed by atoms with van der Waals surface area (Å²) >= 11 is 0. The molecule has 5 atom stereocenters. The fraction of sp³-hybridized carbons (Fsp3) is 0.933. The van der Waals surface area contributed by atoms with Crippen molar-refractivity contribution in [2.45, 2.75) is 63.6 Å². The molecule has 0 saturated carbocycles. The molecule has 0 fully saturated rings. The molecule has 0 aliphatic rings. The first kappa shape index (κ1) is 25.4. The summed E-state index contributed by atoms with van der Waals surface area (Å²) < 4.78 is 17.2. The Labute approximate surface area is 154 Å². The van der Waals surface area contributed by atoms with Gasteiger partial charge in [-0.2, -0.15) is 0 Å². The number of amides is 1. The number of primary amides is 1. The first-order valence-electron chi connectivity index (χ1n) is 8.71. The Balaban J connectivity index is 6.45. The second kappa shape index (κ2) is 11.3. The number of hydrogen-bond donors (Lipinski definition) is 6. The summed E-state index contributed by atoms with van der Waals surface area (Å²) in [6.07, 6.45) is -6.17. The summed E-state index contributed by atoms with van der Waals surface area (Å²) in [5, 5.41) is 51.0. The Bertz CT molecular complexity index is 411. The molecule has 0 spiro atoms. The average molecular weight is 400 g/mol. The van der Waals surface area contributed by atoms with E-state index in [9.17, 15) is 25.2 Å². The maximum atomic E-state index is 11.6. The summed E-state index contributed by atoms with van der Waals surface area (Å²) in [6, 6.07) is 0. The van der Waals surface area contributed by atoms with Gasteiger partial charge in [0.2, 0.25) is 5.91 Å². The average Bonchev–Trinajstić information content (AvgIpc) is 2.60. The van der Waals surface area contributed by atoms with Gasteiger partial charge < -0.3 is 44.5 Å². The molecule has 11 heteroatoms. The Kier molecular flexibility index (Phi) is 11.0. The van der Waals surface area contributed by atoms with E-state index in [2.05, 4.69) is 0 Å². The van der Waals surface area contributed by atoms with Crippen molar-refractivity contribution in [3.8, 4) is 0 Å². The van der Waals surface area contributed by atoms with E-state index in [0.717, 1.165) is 0 Å². The van der Waals surface area contributed by atoms with Crippen molar-refractivity contribution in [3.05, 3.63) is 0 Å². The van der Waals surface area contributed by atoms with E-state index in [4.69, 9.17) is 24.1 Å². The summed E-state index contributed by atoms with van der Waals surface area (Å²) in [6.45, 7) is 6.15. The van der Waals surface area contributed by atoms with Gasteiger partial charge in [0.1, 0.15) is 17.8 Å². The zero-order valence-corrected chi connectivity index (χ0v) is 16.8. The molecule has 0 radical (unpaired) electrons. The standard InChI is InChI=1S/C15H33NO9Si/c1-5-11(26(23-6-2,24-7-3)25-8-4)15(22,13(20)14(16)21)12(19)10(18)9-17/h10-13,17-20,22H,5-9H2,1-4H3,(H2,16,21). The van der Waals surface area contributed by atoms with Crippen LogP contribution >= 0.6 is 0 Å². The first-order chi connectivity index (χ1) is 12.1. The molecule has 10 nitrogen and oxygen atoms in total. The van der Waals surface area contributed by atoms with Gasteiger partial charge in [-0.1, -0.05) is 6.92 Å². The Morgan fingerprint density at radius 1 is 1.04 bits per heavy atom. The Morgan fingerprint density at radius 2 is 1.46 bits per heavy atom. The lowest BCUT2D eigenvalue weighted by Crippen LogP contribution is -2.69. The van der Waals surface area contributed by atoms with Gasteiger partial charge in [0.25, 0.3) is 0 Å². The fourth-order valence-electron chi connectivity index (χ4n) is 3.08. The molecule has 0 aliphatic heterocycles. The maximum absolute atomic E-state index is 11.6. The highest BCUT2D eigenvalue weighted by atomic mass is 28.4. The van der Waals surface area contributed by atoms with Crippen LogP contribution < -0.4 is 5.73 Å². The molecule has 0 aromatic heterocycles.